The van der Waals surface area contributed by atoms with Crippen molar-refractivity contribution in [2.45, 2.75) is 19.4 Å². The average molecular weight is 207 g/mol. The molecule has 1 aromatic heterocycles. The fourth-order valence-corrected chi connectivity index (χ4v) is 1.72. The van der Waals surface area contributed by atoms with Crippen molar-refractivity contribution >= 4 is 5.78 Å². The second-order valence-corrected chi connectivity index (χ2v) is 4.44. The Balaban J connectivity index is 1.81. The fourth-order valence-electron chi connectivity index (χ4n) is 1.72. The minimum Gasteiger partial charge on any atom is -0.298 e. The second kappa shape index (κ2) is 4.14. The summed E-state index contributed by atoms with van der Waals surface area (Å²) >= 11 is 0. The zero-order valence-corrected chi connectivity index (χ0v) is 9.31. The van der Waals surface area contributed by atoms with Gasteiger partial charge in [0.15, 0.2) is 0 Å². The predicted octanol–water partition coefficient (Wildman–Crippen LogP) is 0.831. The molecule has 1 aromatic rings. The van der Waals surface area contributed by atoms with E-state index in [2.05, 4.69) is 10.00 Å². The van der Waals surface area contributed by atoms with Crippen molar-refractivity contribution in [2.24, 2.45) is 13.0 Å². The van der Waals surface area contributed by atoms with Crippen LogP contribution in [-0.2, 0) is 18.4 Å². The number of rotatable bonds is 5. The number of aryl methyl sites for hydroxylation is 1. The maximum absolute atomic E-state index is 11.5. The summed E-state index contributed by atoms with van der Waals surface area (Å²) in [6.07, 6.45) is 6.02. The first kappa shape index (κ1) is 10.4. The number of hydrogen-bond donors (Lipinski definition) is 0. The van der Waals surface area contributed by atoms with E-state index in [1.54, 1.807) is 4.68 Å². The molecule has 0 saturated heterocycles. The molecule has 0 aliphatic heterocycles. The van der Waals surface area contributed by atoms with Crippen LogP contribution in [0.2, 0.25) is 0 Å². The Morgan fingerprint density at radius 3 is 2.93 bits per heavy atom. The van der Waals surface area contributed by atoms with Crippen molar-refractivity contribution in [2.75, 3.05) is 13.6 Å². The molecular formula is C11H17N3O. The first-order valence-electron chi connectivity index (χ1n) is 5.34. The Labute approximate surface area is 89.9 Å². The van der Waals surface area contributed by atoms with Crippen LogP contribution < -0.4 is 0 Å². The van der Waals surface area contributed by atoms with Crippen molar-refractivity contribution in [1.29, 1.82) is 0 Å². The van der Waals surface area contributed by atoms with Gasteiger partial charge in [-0.1, -0.05) is 0 Å². The highest BCUT2D eigenvalue weighted by atomic mass is 16.1. The summed E-state index contributed by atoms with van der Waals surface area (Å²) in [5.74, 6) is 0.753. The largest absolute Gasteiger partial charge is 0.298 e. The summed E-state index contributed by atoms with van der Waals surface area (Å²) in [4.78, 5) is 13.6. The Kier molecular flexibility index (Phi) is 2.86. The zero-order valence-electron chi connectivity index (χ0n) is 9.31. The molecule has 4 nitrogen and oxygen atoms in total. The van der Waals surface area contributed by atoms with Crippen molar-refractivity contribution in [1.82, 2.24) is 14.7 Å². The minimum atomic E-state index is 0.362. The lowest BCUT2D eigenvalue weighted by Crippen LogP contribution is -2.26. The average Bonchev–Trinajstić information content (AvgIpc) is 2.92. The van der Waals surface area contributed by atoms with E-state index in [1.165, 1.54) is 0 Å². The van der Waals surface area contributed by atoms with Crippen LogP contribution in [-0.4, -0.2) is 34.1 Å². The Bertz CT molecular complexity index is 354. The highest BCUT2D eigenvalue weighted by Gasteiger charge is 2.29. The van der Waals surface area contributed by atoms with E-state index in [0.717, 1.165) is 24.9 Å². The molecule has 0 atom stereocenters. The molecule has 15 heavy (non-hydrogen) atoms. The topological polar surface area (TPSA) is 38.1 Å². The Hall–Kier alpha value is -1.16. The highest BCUT2D eigenvalue weighted by molar-refractivity contribution is 5.84. The number of likely N-dealkylation sites (N-methyl/N-ethyl adjacent to an activating group) is 1. The molecule has 0 bridgehead atoms. The zero-order chi connectivity index (χ0) is 10.8. The molecule has 1 fully saturated rings. The standard InChI is InChI=1S/C11H17N3O/c1-13(8-11(15)10-3-4-10)6-9-5-12-14(2)7-9/h5,7,10H,3-4,6,8H2,1-2H3. The van der Waals surface area contributed by atoms with Crippen molar-refractivity contribution in [3.63, 3.8) is 0 Å². The first-order chi connectivity index (χ1) is 7.15. The van der Waals surface area contributed by atoms with E-state index < -0.39 is 0 Å². The SMILES string of the molecule is CN(CC(=O)C1CC1)Cc1cnn(C)c1. The first-order valence-corrected chi connectivity index (χ1v) is 5.34. The number of hydrogen-bond acceptors (Lipinski definition) is 3. The molecule has 4 heteroatoms. The molecule has 0 N–H and O–H groups in total. The van der Waals surface area contributed by atoms with Crippen molar-refractivity contribution in [3.8, 4) is 0 Å². The third-order valence-electron chi connectivity index (χ3n) is 2.67. The van der Waals surface area contributed by atoms with E-state index in [4.69, 9.17) is 0 Å². The molecule has 0 spiro atoms. The lowest BCUT2D eigenvalue weighted by Gasteiger charge is -2.13. The Morgan fingerprint density at radius 2 is 2.40 bits per heavy atom. The van der Waals surface area contributed by atoms with Gasteiger partial charge in [-0.05, 0) is 19.9 Å². The van der Waals surface area contributed by atoms with Gasteiger partial charge in [0.2, 0.25) is 0 Å². The van der Waals surface area contributed by atoms with Gasteiger partial charge in [-0.15, -0.1) is 0 Å². The number of carbonyl (C=O) groups excluding carboxylic acids is 1. The summed E-state index contributed by atoms with van der Waals surface area (Å²) in [7, 11) is 3.88. The molecular weight excluding hydrogens is 190 g/mol. The van der Waals surface area contributed by atoms with E-state index in [9.17, 15) is 4.79 Å². The maximum atomic E-state index is 11.5. The van der Waals surface area contributed by atoms with E-state index in [0.29, 0.717) is 18.2 Å². The van der Waals surface area contributed by atoms with Crippen LogP contribution in [0.1, 0.15) is 18.4 Å². The van der Waals surface area contributed by atoms with Gasteiger partial charge in [0.05, 0.1) is 12.7 Å². The number of aromatic nitrogens is 2. The van der Waals surface area contributed by atoms with Gasteiger partial charge in [0.25, 0.3) is 0 Å². The van der Waals surface area contributed by atoms with Crippen molar-refractivity contribution < 1.29 is 4.79 Å². The quantitative estimate of drug-likeness (QED) is 0.718. The van der Waals surface area contributed by atoms with Crippen LogP contribution >= 0.6 is 0 Å². The van der Waals surface area contributed by atoms with Gasteiger partial charge in [-0.2, -0.15) is 5.10 Å². The van der Waals surface area contributed by atoms with E-state index in [1.807, 2.05) is 26.5 Å². The van der Waals surface area contributed by atoms with Crippen LogP contribution in [0.3, 0.4) is 0 Å². The molecule has 1 aliphatic carbocycles. The van der Waals surface area contributed by atoms with Gasteiger partial charge in [0.1, 0.15) is 5.78 Å². The smallest absolute Gasteiger partial charge is 0.149 e. The van der Waals surface area contributed by atoms with Crippen LogP contribution in [0.15, 0.2) is 12.4 Å². The third-order valence-corrected chi connectivity index (χ3v) is 2.67. The van der Waals surface area contributed by atoms with E-state index >= 15 is 0 Å². The summed E-state index contributed by atoms with van der Waals surface area (Å²) < 4.78 is 1.78. The summed E-state index contributed by atoms with van der Waals surface area (Å²) in [6, 6.07) is 0. The second-order valence-electron chi connectivity index (χ2n) is 4.44. The van der Waals surface area contributed by atoms with Crippen LogP contribution in [0, 0.1) is 5.92 Å². The molecule has 0 aromatic carbocycles. The monoisotopic (exact) mass is 207 g/mol. The number of ketones is 1. The molecule has 0 radical (unpaired) electrons. The molecule has 82 valence electrons. The lowest BCUT2D eigenvalue weighted by molar-refractivity contribution is -0.121. The summed E-state index contributed by atoms with van der Waals surface area (Å²) in [5, 5.41) is 4.10. The third kappa shape index (κ3) is 2.89. The Morgan fingerprint density at radius 1 is 1.67 bits per heavy atom. The lowest BCUT2D eigenvalue weighted by atomic mass is 10.2. The molecule has 0 unspecified atom stereocenters. The highest BCUT2D eigenvalue weighted by Crippen LogP contribution is 2.29. The normalized spacial score (nSPS) is 15.9. The van der Waals surface area contributed by atoms with Gasteiger partial charge in [0, 0.05) is 31.3 Å². The molecule has 1 aliphatic rings. The predicted molar refractivity (Wildman–Crippen MR) is 57.3 cm³/mol. The number of Topliss-reactive ketones (excluding diaryl/α,β-unsaturated/α-hetero) is 1. The maximum Gasteiger partial charge on any atom is 0.149 e. The summed E-state index contributed by atoms with van der Waals surface area (Å²) in [6.45, 7) is 1.37. The molecule has 0 amide bonds. The number of carbonyl (C=O) groups is 1. The van der Waals surface area contributed by atoms with Crippen LogP contribution in [0.4, 0.5) is 0 Å². The molecule has 1 heterocycles. The van der Waals surface area contributed by atoms with Gasteiger partial charge in [-0.25, -0.2) is 0 Å². The van der Waals surface area contributed by atoms with Crippen LogP contribution in [0.25, 0.3) is 0 Å². The van der Waals surface area contributed by atoms with E-state index in [-0.39, 0.29) is 0 Å². The van der Waals surface area contributed by atoms with Gasteiger partial charge < -0.3 is 0 Å². The molecule has 1 saturated carbocycles. The van der Waals surface area contributed by atoms with Gasteiger partial charge in [-0.3, -0.25) is 14.4 Å². The van der Waals surface area contributed by atoms with Crippen molar-refractivity contribution in [3.05, 3.63) is 18.0 Å². The van der Waals surface area contributed by atoms with Gasteiger partial charge >= 0.3 is 0 Å². The number of nitrogens with zero attached hydrogens (tertiary/aromatic N) is 3. The van der Waals surface area contributed by atoms with Crippen LogP contribution in [0.5, 0.6) is 0 Å². The molecule has 2 rings (SSSR count). The minimum absolute atomic E-state index is 0.362. The fraction of sp³-hybridized carbons (Fsp3) is 0.636. The summed E-state index contributed by atoms with van der Waals surface area (Å²) in [5.41, 5.74) is 1.16.